The van der Waals surface area contributed by atoms with Crippen LogP contribution in [0.15, 0.2) is 60.8 Å². The number of Topliss-reactive ketones (excluding diaryl/α,β-unsaturated/α-hetero) is 1. The summed E-state index contributed by atoms with van der Waals surface area (Å²) in [6, 6.07) is 17.9. The molecule has 0 radical (unpaired) electrons. The molecule has 0 aliphatic heterocycles. The van der Waals surface area contributed by atoms with E-state index in [1.807, 2.05) is 67.7 Å². The van der Waals surface area contributed by atoms with Gasteiger partial charge in [0.2, 0.25) is 0 Å². The number of carbonyl (C=O) groups is 1. The zero-order chi connectivity index (χ0) is 23.4. The number of aromatic nitrogens is 2. The van der Waals surface area contributed by atoms with Crippen molar-refractivity contribution >= 4 is 22.8 Å². The Kier molecular flexibility index (Phi) is 6.63. The van der Waals surface area contributed by atoms with Crippen LogP contribution in [0.4, 0.5) is 11.4 Å². The number of fused-ring (bicyclic) bond motifs is 1. The van der Waals surface area contributed by atoms with Gasteiger partial charge in [0.05, 0.1) is 25.6 Å². The Balaban J connectivity index is 1.66. The summed E-state index contributed by atoms with van der Waals surface area (Å²) in [4.78, 5) is 16.7. The van der Waals surface area contributed by atoms with E-state index in [2.05, 4.69) is 16.6 Å². The van der Waals surface area contributed by atoms with Crippen molar-refractivity contribution < 1.29 is 14.3 Å². The minimum Gasteiger partial charge on any atom is -0.497 e. The van der Waals surface area contributed by atoms with Crippen molar-refractivity contribution in [3.05, 3.63) is 72.1 Å². The molecule has 0 aliphatic carbocycles. The predicted octanol–water partition coefficient (Wildman–Crippen LogP) is 5.98. The highest BCUT2D eigenvalue weighted by atomic mass is 16.5. The van der Waals surface area contributed by atoms with Crippen LogP contribution in [0.1, 0.15) is 31.0 Å². The molecule has 0 fully saturated rings. The van der Waals surface area contributed by atoms with Crippen molar-refractivity contribution in [3.63, 3.8) is 0 Å². The molecule has 0 atom stereocenters. The van der Waals surface area contributed by atoms with E-state index < -0.39 is 0 Å². The van der Waals surface area contributed by atoms with Gasteiger partial charge in [-0.1, -0.05) is 25.1 Å². The van der Waals surface area contributed by atoms with E-state index in [0.717, 1.165) is 51.0 Å². The van der Waals surface area contributed by atoms with Gasteiger partial charge in [0, 0.05) is 42.0 Å². The average Bonchev–Trinajstić information content (AvgIpc) is 3.20. The van der Waals surface area contributed by atoms with Crippen molar-refractivity contribution in [2.45, 2.75) is 33.1 Å². The second-order valence-electron chi connectivity index (χ2n) is 7.94. The topological polar surface area (TPSA) is 64.9 Å². The van der Waals surface area contributed by atoms with Crippen LogP contribution >= 0.6 is 0 Å². The van der Waals surface area contributed by atoms with Gasteiger partial charge in [-0.05, 0) is 49.2 Å². The lowest BCUT2D eigenvalue weighted by Gasteiger charge is -2.13. The van der Waals surface area contributed by atoms with Crippen LogP contribution in [0.3, 0.4) is 0 Å². The van der Waals surface area contributed by atoms with E-state index >= 15 is 0 Å². The quantitative estimate of drug-likeness (QED) is 0.345. The van der Waals surface area contributed by atoms with Crippen LogP contribution in [0, 0.1) is 6.92 Å². The molecule has 2 aromatic carbocycles. The minimum absolute atomic E-state index is 0.257. The normalized spacial score (nSPS) is 10.9. The number of carbonyl (C=O) groups excluding carboxylic acids is 1. The Morgan fingerprint density at radius 2 is 1.91 bits per heavy atom. The molecule has 170 valence electrons. The van der Waals surface area contributed by atoms with E-state index in [9.17, 15) is 4.79 Å². The smallest absolute Gasteiger partial charge is 0.161 e. The Morgan fingerprint density at radius 1 is 1.06 bits per heavy atom. The number of nitrogens with one attached hydrogen (secondary N) is 1. The number of ether oxygens (including phenoxy) is 2. The fraction of sp³-hybridized carbons (Fsp3) is 0.259. The SMILES string of the molecule is CCC(=O)CCc1ccc(Nc2cccn3c(C)c(-c4cccc(OC)c4)nc23)cc1OC. The maximum atomic E-state index is 11.7. The van der Waals surface area contributed by atoms with E-state index in [1.165, 1.54) is 0 Å². The third-order valence-electron chi connectivity index (χ3n) is 5.87. The van der Waals surface area contributed by atoms with Crippen LogP contribution in [0.25, 0.3) is 16.9 Å². The maximum absolute atomic E-state index is 11.7. The van der Waals surface area contributed by atoms with Gasteiger partial charge in [-0.2, -0.15) is 0 Å². The van der Waals surface area contributed by atoms with E-state index in [-0.39, 0.29) is 5.78 Å². The Hall–Kier alpha value is -3.80. The number of hydrogen-bond donors (Lipinski definition) is 1. The first-order valence-electron chi connectivity index (χ1n) is 11.1. The van der Waals surface area contributed by atoms with Crippen LogP contribution in [0.5, 0.6) is 11.5 Å². The van der Waals surface area contributed by atoms with Crippen LogP contribution in [0.2, 0.25) is 0 Å². The number of nitrogens with zero attached hydrogens (tertiary/aromatic N) is 2. The van der Waals surface area contributed by atoms with Gasteiger partial charge in [0.1, 0.15) is 17.3 Å². The van der Waals surface area contributed by atoms with Crippen LogP contribution in [-0.4, -0.2) is 29.4 Å². The Labute approximate surface area is 194 Å². The van der Waals surface area contributed by atoms with Gasteiger partial charge in [0.25, 0.3) is 0 Å². The Bertz CT molecular complexity index is 1290. The fourth-order valence-electron chi connectivity index (χ4n) is 3.96. The monoisotopic (exact) mass is 443 g/mol. The van der Waals surface area contributed by atoms with Crippen LogP contribution in [-0.2, 0) is 11.2 Å². The first kappa shape index (κ1) is 22.4. The van der Waals surface area contributed by atoms with Crippen molar-refractivity contribution in [2.24, 2.45) is 0 Å². The Morgan fingerprint density at radius 3 is 2.67 bits per heavy atom. The highest BCUT2D eigenvalue weighted by molar-refractivity contribution is 5.79. The summed E-state index contributed by atoms with van der Waals surface area (Å²) in [7, 11) is 3.32. The number of aryl methyl sites for hydroxylation is 2. The standard InChI is InChI=1S/C27H29N3O3/c1-5-22(31)14-12-19-11-13-21(17-25(19)33-4)28-24-10-7-15-30-18(2)26(29-27(24)30)20-8-6-9-23(16-20)32-3/h6-11,13,15-17,28H,5,12,14H2,1-4H3. The third kappa shape index (κ3) is 4.70. The summed E-state index contributed by atoms with van der Waals surface area (Å²) in [6.07, 6.45) is 3.78. The number of rotatable bonds is 9. The van der Waals surface area contributed by atoms with E-state index in [4.69, 9.17) is 14.5 Å². The van der Waals surface area contributed by atoms with Gasteiger partial charge in [0.15, 0.2) is 5.65 Å². The molecular formula is C27H29N3O3. The molecule has 33 heavy (non-hydrogen) atoms. The number of hydrogen-bond acceptors (Lipinski definition) is 5. The van der Waals surface area contributed by atoms with Crippen molar-refractivity contribution in [1.82, 2.24) is 9.38 Å². The maximum Gasteiger partial charge on any atom is 0.161 e. The lowest BCUT2D eigenvalue weighted by molar-refractivity contribution is -0.118. The van der Waals surface area contributed by atoms with Crippen molar-refractivity contribution in [3.8, 4) is 22.8 Å². The fourth-order valence-corrected chi connectivity index (χ4v) is 3.96. The molecular weight excluding hydrogens is 414 g/mol. The molecule has 0 amide bonds. The molecule has 2 aromatic heterocycles. The number of benzene rings is 2. The van der Waals surface area contributed by atoms with Crippen molar-refractivity contribution in [1.29, 1.82) is 0 Å². The molecule has 0 saturated heterocycles. The van der Waals surface area contributed by atoms with E-state index in [1.54, 1.807) is 14.2 Å². The predicted molar refractivity (Wildman–Crippen MR) is 132 cm³/mol. The molecule has 0 saturated carbocycles. The third-order valence-corrected chi connectivity index (χ3v) is 5.87. The molecule has 0 unspecified atom stereocenters. The minimum atomic E-state index is 0.257. The summed E-state index contributed by atoms with van der Waals surface area (Å²) >= 11 is 0. The number of anilines is 2. The molecule has 0 aliphatic rings. The largest absolute Gasteiger partial charge is 0.497 e. The van der Waals surface area contributed by atoms with Gasteiger partial charge >= 0.3 is 0 Å². The second kappa shape index (κ2) is 9.77. The molecule has 1 N–H and O–H groups in total. The zero-order valence-electron chi connectivity index (χ0n) is 19.5. The molecule has 2 heterocycles. The summed E-state index contributed by atoms with van der Waals surface area (Å²) in [6.45, 7) is 3.96. The number of ketones is 1. The zero-order valence-corrected chi connectivity index (χ0v) is 19.5. The summed E-state index contributed by atoms with van der Waals surface area (Å²) in [5.74, 6) is 1.83. The number of imidazole rings is 1. The first-order valence-corrected chi connectivity index (χ1v) is 11.1. The van der Waals surface area contributed by atoms with Gasteiger partial charge in [-0.25, -0.2) is 4.98 Å². The highest BCUT2D eigenvalue weighted by Gasteiger charge is 2.14. The lowest BCUT2D eigenvalue weighted by Crippen LogP contribution is -2.01. The van der Waals surface area contributed by atoms with Crippen molar-refractivity contribution in [2.75, 3.05) is 19.5 Å². The number of pyridine rings is 1. The summed E-state index contributed by atoms with van der Waals surface area (Å²) in [5, 5.41) is 3.48. The van der Waals surface area contributed by atoms with Gasteiger partial charge in [-0.3, -0.25) is 4.79 Å². The highest BCUT2D eigenvalue weighted by Crippen LogP contribution is 2.32. The molecule has 4 rings (SSSR count). The molecule has 6 heteroatoms. The summed E-state index contributed by atoms with van der Waals surface area (Å²) < 4.78 is 13.1. The van der Waals surface area contributed by atoms with Crippen LogP contribution < -0.4 is 14.8 Å². The first-order chi connectivity index (χ1) is 16.0. The van der Waals surface area contributed by atoms with Gasteiger partial charge in [-0.15, -0.1) is 0 Å². The molecule has 4 aromatic rings. The summed E-state index contributed by atoms with van der Waals surface area (Å²) in [5.41, 5.74) is 6.63. The average molecular weight is 444 g/mol. The lowest BCUT2D eigenvalue weighted by atomic mass is 10.0. The van der Waals surface area contributed by atoms with Gasteiger partial charge < -0.3 is 19.2 Å². The van der Waals surface area contributed by atoms with E-state index in [0.29, 0.717) is 19.3 Å². The molecule has 0 spiro atoms. The number of methoxy groups -OCH3 is 2. The molecule has 6 nitrogen and oxygen atoms in total. The second-order valence-corrected chi connectivity index (χ2v) is 7.94. The molecule has 0 bridgehead atoms.